The van der Waals surface area contributed by atoms with Crippen molar-refractivity contribution in [1.82, 2.24) is 9.97 Å². The number of benzene rings is 2. The molecule has 0 amide bonds. The van der Waals surface area contributed by atoms with Gasteiger partial charge in [-0.3, -0.25) is 0 Å². The first-order valence-electron chi connectivity index (χ1n) is 7.98. The molecule has 0 atom stereocenters. The summed E-state index contributed by atoms with van der Waals surface area (Å²) in [7, 11) is 1.58. The first-order valence-corrected chi connectivity index (χ1v) is 7.98. The van der Waals surface area contributed by atoms with Gasteiger partial charge in [-0.2, -0.15) is 4.98 Å². The Bertz CT molecular complexity index is 850. The van der Waals surface area contributed by atoms with Crippen LogP contribution in [-0.4, -0.2) is 17.1 Å². The molecule has 2 aromatic carbocycles. The SMILES string of the molecule is CCc1ccc(Nc2ncnc(Oc3ccccc3OC)c2N)cc1. The van der Waals surface area contributed by atoms with Gasteiger partial charge in [-0.1, -0.05) is 31.2 Å². The van der Waals surface area contributed by atoms with Crippen molar-refractivity contribution in [2.75, 3.05) is 18.2 Å². The van der Waals surface area contributed by atoms with Crippen molar-refractivity contribution < 1.29 is 9.47 Å². The number of ether oxygens (including phenoxy) is 2. The highest BCUT2D eigenvalue weighted by molar-refractivity contribution is 5.72. The Balaban J connectivity index is 1.84. The van der Waals surface area contributed by atoms with Crippen LogP contribution in [0.15, 0.2) is 54.9 Å². The van der Waals surface area contributed by atoms with Gasteiger partial charge in [-0.15, -0.1) is 0 Å². The molecule has 0 aliphatic heterocycles. The van der Waals surface area contributed by atoms with Crippen LogP contribution in [0.25, 0.3) is 0 Å². The van der Waals surface area contributed by atoms with Crippen molar-refractivity contribution in [3.8, 4) is 17.4 Å². The summed E-state index contributed by atoms with van der Waals surface area (Å²) in [5.74, 6) is 1.90. The van der Waals surface area contributed by atoms with Crippen LogP contribution in [0.5, 0.6) is 17.4 Å². The number of anilines is 3. The number of para-hydroxylation sites is 2. The van der Waals surface area contributed by atoms with Crippen LogP contribution in [0.1, 0.15) is 12.5 Å². The van der Waals surface area contributed by atoms with Gasteiger partial charge < -0.3 is 20.5 Å². The van der Waals surface area contributed by atoms with E-state index in [1.54, 1.807) is 19.2 Å². The van der Waals surface area contributed by atoms with E-state index in [-0.39, 0.29) is 5.88 Å². The third-order valence-electron chi connectivity index (χ3n) is 3.75. The summed E-state index contributed by atoms with van der Waals surface area (Å²) in [5, 5.41) is 3.19. The molecule has 1 heterocycles. The summed E-state index contributed by atoms with van der Waals surface area (Å²) < 4.78 is 11.1. The van der Waals surface area contributed by atoms with Gasteiger partial charge in [0, 0.05) is 5.69 Å². The van der Waals surface area contributed by atoms with Crippen LogP contribution in [-0.2, 0) is 6.42 Å². The number of nitrogen functional groups attached to an aromatic ring is 1. The second-order valence-corrected chi connectivity index (χ2v) is 5.37. The minimum atomic E-state index is 0.271. The summed E-state index contributed by atoms with van der Waals surface area (Å²) in [6.45, 7) is 2.12. The minimum Gasteiger partial charge on any atom is -0.493 e. The maximum absolute atomic E-state index is 6.17. The molecule has 1 aromatic heterocycles. The van der Waals surface area contributed by atoms with E-state index in [0.717, 1.165) is 12.1 Å². The molecule has 0 fully saturated rings. The van der Waals surface area contributed by atoms with Crippen LogP contribution in [0.2, 0.25) is 0 Å². The third kappa shape index (κ3) is 3.80. The summed E-state index contributed by atoms with van der Waals surface area (Å²) in [4.78, 5) is 8.33. The van der Waals surface area contributed by atoms with E-state index < -0.39 is 0 Å². The quantitative estimate of drug-likeness (QED) is 0.703. The molecule has 0 radical (unpaired) electrons. The van der Waals surface area contributed by atoms with E-state index in [0.29, 0.717) is 23.0 Å². The van der Waals surface area contributed by atoms with Crippen molar-refractivity contribution in [2.45, 2.75) is 13.3 Å². The zero-order valence-corrected chi connectivity index (χ0v) is 14.2. The number of nitrogens with one attached hydrogen (secondary N) is 1. The maximum atomic E-state index is 6.17. The molecule has 6 heteroatoms. The van der Waals surface area contributed by atoms with Crippen molar-refractivity contribution >= 4 is 17.2 Å². The molecule has 3 rings (SSSR count). The maximum Gasteiger partial charge on any atom is 0.248 e. The van der Waals surface area contributed by atoms with Gasteiger partial charge in [0.25, 0.3) is 0 Å². The standard InChI is InChI=1S/C19H20N4O2/c1-3-13-8-10-14(11-9-13)23-18-17(20)19(22-12-21-18)25-16-7-5-4-6-15(16)24-2/h4-12H,3,20H2,1-2H3,(H,21,22,23). The number of nitrogens with two attached hydrogens (primary N) is 1. The second kappa shape index (κ2) is 7.53. The lowest BCUT2D eigenvalue weighted by molar-refractivity contribution is 0.374. The second-order valence-electron chi connectivity index (χ2n) is 5.37. The molecular weight excluding hydrogens is 316 g/mol. The molecule has 0 bridgehead atoms. The molecule has 6 nitrogen and oxygen atoms in total. The van der Waals surface area contributed by atoms with Crippen LogP contribution in [0, 0.1) is 0 Å². The van der Waals surface area contributed by atoms with Crippen molar-refractivity contribution in [3.63, 3.8) is 0 Å². The molecule has 3 aromatic rings. The van der Waals surface area contributed by atoms with E-state index in [2.05, 4.69) is 34.3 Å². The lowest BCUT2D eigenvalue weighted by Gasteiger charge is -2.13. The van der Waals surface area contributed by atoms with Gasteiger partial charge >= 0.3 is 0 Å². The molecule has 0 spiro atoms. The Morgan fingerprint density at radius 1 is 1.00 bits per heavy atom. The Morgan fingerprint density at radius 2 is 1.72 bits per heavy atom. The zero-order chi connectivity index (χ0) is 17.6. The molecule has 128 valence electrons. The van der Waals surface area contributed by atoms with Crippen LogP contribution < -0.4 is 20.5 Å². The fourth-order valence-electron chi connectivity index (χ4n) is 2.33. The van der Waals surface area contributed by atoms with Crippen LogP contribution in [0.4, 0.5) is 17.2 Å². The summed E-state index contributed by atoms with van der Waals surface area (Å²) >= 11 is 0. The Morgan fingerprint density at radius 3 is 2.40 bits per heavy atom. The lowest BCUT2D eigenvalue weighted by atomic mass is 10.1. The number of hydrogen-bond acceptors (Lipinski definition) is 6. The predicted octanol–water partition coefficient (Wildman–Crippen LogP) is 4.17. The average Bonchev–Trinajstić information content (AvgIpc) is 2.66. The number of nitrogens with zero attached hydrogens (tertiary/aromatic N) is 2. The normalized spacial score (nSPS) is 10.3. The molecule has 0 aliphatic rings. The number of aryl methyl sites for hydroxylation is 1. The van der Waals surface area contributed by atoms with Gasteiger partial charge in [-0.25, -0.2) is 4.98 Å². The van der Waals surface area contributed by atoms with E-state index in [9.17, 15) is 0 Å². The largest absolute Gasteiger partial charge is 0.493 e. The zero-order valence-electron chi connectivity index (χ0n) is 14.2. The Labute approximate surface area is 146 Å². The molecule has 0 saturated carbocycles. The van der Waals surface area contributed by atoms with Crippen LogP contribution in [0.3, 0.4) is 0 Å². The van der Waals surface area contributed by atoms with E-state index in [1.807, 2.05) is 24.3 Å². The fraction of sp³-hybridized carbons (Fsp3) is 0.158. The highest BCUT2D eigenvalue weighted by Crippen LogP contribution is 2.35. The van der Waals surface area contributed by atoms with Gasteiger partial charge in [0.05, 0.1) is 7.11 Å². The van der Waals surface area contributed by atoms with Crippen molar-refractivity contribution in [1.29, 1.82) is 0 Å². The molecule has 25 heavy (non-hydrogen) atoms. The van der Waals surface area contributed by atoms with Gasteiger partial charge in [0.15, 0.2) is 17.3 Å². The predicted molar refractivity (Wildman–Crippen MR) is 98.6 cm³/mol. The van der Waals surface area contributed by atoms with Gasteiger partial charge in [0.1, 0.15) is 12.0 Å². The van der Waals surface area contributed by atoms with E-state index in [1.165, 1.54) is 11.9 Å². The number of methoxy groups -OCH3 is 1. The lowest BCUT2D eigenvalue weighted by Crippen LogP contribution is -2.03. The number of hydrogen-bond donors (Lipinski definition) is 2. The van der Waals surface area contributed by atoms with Crippen molar-refractivity contribution in [2.24, 2.45) is 0 Å². The molecule has 0 unspecified atom stereocenters. The first kappa shape index (κ1) is 16.6. The molecular formula is C19H20N4O2. The average molecular weight is 336 g/mol. The smallest absolute Gasteiger partial charge is 0.248 e. The molecule has 0 saturated heterocycles. The highest BCUT2D eigenvalue weighted by atomic mass is 16.5. The minimum absolute atomic E-state index is 0.271. The molecule has 3 N–H and O–H groups in total. The van der Waals surface area contributed by atoms with Gasteiger partial charge in [0.2, 0.25) is 5.88 Å². The van der Waals surface area contributed by atoms with E-state index in [4.69, 9.17) is 15.2 Å². The topological polar surface area (TPSA) is 82.3 Å². The first-order chi connectivity index (χ1) is 12.2. The highest BCUT2D eigenvalue weighted by Gasteiger charge is 2.13. The fourth-order valence-corrected chi connectivity index (χ4v) is 2.33. The summed E-state index contributed by atoms with van der Waals surface area (Å²) in [5.41, 5.74) is 8.66. The number of rotatable bonds is 6. The van der Waals surface area contributed by atoms with Gasteiger partial charge in [-0.05, 0) is 36.2 Å². The van der Waals surface area contributed by atoms with Crippen molar-refractivity contribution in [3.05, 3.63) is 60.4 Å². The monoisotopic (exact) mass is 336 g/mol. The summed E-state index contributed by atoms with van der Waals surface area (Å²) in [6, 6.07) is 15.4. The molecule has 0 aliphatic carbocycles. The Hall–Kier alpha value is -3.28. The number of aromatic nitrogens is 2. The Kier molecular flexibility index (Phi) is 4.99. The summed E-state index contributed by atoms with van der Waals surface area (Å²) in [6.07, 6.45) is 2.40. The van der Waals surface area contributed by atoms with E-state index >= 15 is 0 Å². The third-order valence-corrected chi connectivity index (χ3v) is 3.75. The van der Waals surface area contributed by atoms with Crippen LogP contribution >= 0.6 is 0 Å².